The lowest BCUT2D eigenvalue weighted by atomic mass is 10.1. The fourth-order valence-corrected chi connectivity index (χ4v) is 2.21. The van der Waals surface area contributed by atoms with Gasteiger partial charge < -0.3 is 5.11 Å². The van der Waals surface area contributed by atoms with E-state index in [0.29, 0.717) is 0 Å². The third-order valence-electron chi connectivity index (χ3n) is 3.43. The highest BCUT2D eigenvalue weighted by Gasteiger charge is 2.37. The summed E-state index contributed by atoms with van der Waals surface area (Å²) in [5, 5.41) is 9.13. The van der Waals surface area contributed by atoms with Crippen LogP contribution < -0.4 is 0 Å². The number of phenols is 1. The van der Waals surface area contributed by atoms with E-state index in [-0.39, 0.29) is 16.2 Å². The van der Waals surface area contributed by atoms with Gasteiger partial charge in [0.05, 0.1) is 16.7 Å². The molecule has 1 N–H and O–H groups in total. The number of nitrogens with zero attached hydrogens (tertiary/aromatic N) is 1. The quantitative estimate of drug-likeness (QED) is 0.530. The summed E-state index contributed by atoms with van der Waals surface area (Å²) in [5.41, 5.74) is -1.17. The normalized spacial score (nSPS) is 13.6. The summed E-state index contributed by atoms with van der Waals surface area (Å²) in [6, 6.07) is 5.69. The lowest BCUT2D eigenvalue weighted by Crippen LogP contribution is -2.30. The van der Waals surface area contributed by atoms with Gasteiger partial charge in [-0.15, -0.1) is 5.06 Å². The highest BCUT2D eigenvalue weighted by atomic mass is 19.2. The number of phenolic OH excluding ortho intramolecular Hbond substituents is 1. The second kappa shape index (κ2) is 5.60. The molecule has 0 fully saturated rings. The number of carbonyl (C=O) groups is 2. The van der Waals surface area contributed by atoms with Crippen LogP contribution in [-0.2, 0) is 11.4 Å². The molecular formula is C15H7F4NO4. The molecule has 2 aromatic carbocycles. The Morgan fingerprint density at radius 2 is 1.33 bits per heavy atom. The van der Waals surface area contributed by atoms with Gasteiger partial charge in [0.15, 0.2) is 17.4 Å². The minimum atomic E-state index is -2.00. The molecule has 24 heavy (non-hydrogen) atoms. The predicted molar refractivity (Wildman–Crippen MR) is 69.7 cm³/mol. The molecule has 0 atom stereocenters. The molecule has 0 aliphatic carbocycles. The van der Waals surface area contributed by atoms with Crippen molar-refractivity contribution < 1.29 is 37.1 Å². The first-order valence-corrected chi connectivity index (χ1v) is 6.49. The van der Waals surface area contributed by atoms with Crippen molar-refractivity contribution in [3.63, 3.8) is 0 Å². The van der Waals surface area contributed by atoms with Crippen molar-refractivity contribution in [2.45, 2.75) is 6.61 Å². The number of carbonyl (C=O) groups excluding carboxylic acids is 2. The molecule has 2 amide bonds. The Morgan fingerprint density at radius 3 is 1.79 bits per heavy atom. The van der Waals surface area contributed by atoms with Crippen LogP contribution in [0.2, 0.25) is 0 Å². The Morgan fingerprint density at radius 1 is 0.875 bits per heavy atom. The fraction of sp³-hybridized carbons (Fsp3) is 0.0667. The van der Waals surface area contributed by atoms with Crippen LogP contribution in [0.3, 0.4) is 0 Å². The Hall–Kier alpha value is -2.94. The van der Waals surface area contributed by atoms with Crippen LogP contribution in [0.25, 0.3) is 0 Å². The maximum atomic E-state index is 13.6. The maximum absolute atomic E-state index is 13.6. The lowest BCUT2D eigenvalue weighted by Gasteiger charge is -2.14. The number of fused-ring (bicyclic) bond motifs is 1. The molecule has 1 aliphatic rings. The standard InChI is InChI=1S/C15H7F4NO4/c16-9-8(10(17)12(19)13(21)11(9)18)5-24-20-14(22)6-3-1-2-4-7(6)15(20)23/h1-4,21H,5H2. The molecule has 0 saturated carbocycles. The molecule has 1 aliphatic heterocycles. The van der Waals surface area contributed by atoms with E-state index in [1.165, 1.54) is 24.3 Å². The second-order valence-electron chi connectivity index (χ2n) is 4.81. The smallest absolute Gasteiger partial charge is 0.285 e. The van der Waals surface area contributed by atoms with Crippen molar-refractivity contribution in [2.24, 2.45) is 0 Å². The molecule has 124 valence electrons. The number of imide groups is 1. The van der Waals surface area contributed by atoms with Crippen LogP contribution >= 0.6 is 0 Å². The van der Waals surface area contributed by atoms with Gasteiger partial charge in [0.2, 0.25) is 11.6 Å². The Balaban J connectivity index is 1.89. The Bertz CT molecular complexity index is 820. The Kier molecular flexibility index (Phi) is 3.72. The first-order chi connectivity index (χ1) is 11.3. The van der Waals surface area contributed by atoms with E-state index in [4.69, 9.17) is 9.94 Å². The number of rotatable bonds is 3. The summed E-state index contributed by atoms with van der Waals surface area (Å²) in [6.45, 7) is -1.14. The van der Waals surface area contributed by atoms with Crippen LogP contribution in [0.15, 0.2) is 24.3 Å². The zero-order valence-corrected chi connectivity index (χ0v) is 11.6. The summed E-state index contributed by atoms with van der Waals surface area (Å²) in [6.07, 6.45) is 0. The van der Waals surface area contributed by atoms with Crippen molar-refractivity contribution in [3.05, 3.63) is 64.2 Å². The van der Waals surface area contributed by atoms with E-state index in [9.17, 15) is 27.2 Å². The monoisotopic (exact) mass is 341 g/mol. The topological polar surface area (TPSA) is 66.8 Å². The van der Waals surface area contributed by atoms with Crippen molar-refractivity contribution in [3.8, 4) is 5.75 Å². The van der Waals surface area contributed by atoms with Crippen LogP contribution in [-0.4, -0.2) is 22.0 Å². The lowest BCUT2D eigenvalue weighted by molar-refractivity contribution is -0.102. The molecule has 3 rings (SSSR count). The van der Waals surface area contributed by atoms with E-state index in [1.807, 2.05) is 0 Å². The minimum Gasteiger partial charge on any atom is -0.503 e. The first kappa shape index (κ1) is 15.9. The molecule has 0 aromatic heterocycles. The number of hydroxylamine groups is 2. The van der Waals surface area contributed by atoms with Gasteiger partial charge in [-0.2, -0.15) is 8.78 Å². The largest absolute Gasteiger partial charge is 0.503 e. The van der Waals surface area contributed by atoms with Gasteiger partial charge in [0, 0.05) is 0 Å². The third-order valence-corrected chi connectivity index (χ3v) is 3.43. The molecule has 1 heterocycles. The zero-order chi connectivity index (χ0) is 17.6. The van der Waals surface area contributed by atoms with Crippen molar-refractivity contribution in [1.82, 2.24) is 5.06 Å². The second-order valence-corrected chi connectivity index (χ2v) is 4.81. The molecule has 5 nitrogen and oxygen atoms in total. The van der Waals surface area contributed by atoms with Gasteiger partial charge in [0.1, 0.15) is 6.61 Å². The fourth-order valence-electron chi connectivity index (χ4n) is 2.21. The minimum absolute atomic E-state index is 0.0199. The SMILES string of the molecule is O=C1c2ccccc2C(=O)N1OCc1c(F)c(F)c(O)c(F)c1F. The number of hydrogen-bond donors (Lipinski definition) is 1. The van der Waals surface area contributed by atoms with Crippen LogP contribution in [0.4, 0.5) is 17.6 Å². The van der Waals surface area contributed by atoms with Crippen molar-refractivity contribution >= 4 is 11.8 Å². The number of halogens is 4. The first-order valence-electron chi connectivity index (χ1n) is 6.49. The van der Waals surface area contributed by atoms with Gasteiger partial charge in [0.25, 0.3) is 11.8 Å². The molecule has 0 unspecified atom stereocenters. The maximum Gasteiger partial charge on any atom is 0.285 e. The van der Waals surface area contributed by atoms with E-state index >= 15 is 0 Å². The summed E-state index contributed by atoms with van der Waals surface area (Å²) in [5.74, 6) is -11.3. The number of hydrogen-bond acceptors (Lipinski definition) is 4. The molecule has 2 aromatic rings. The van der Waals surface area contributed by atoms with Gasteiger partial charge in [-0.25, -0.2) is 8.78 Å². The summed E-state index contributed by atoms with van der Waals surface area (Å²) in [4.78, 5) is 28.7. The molecule has 0 spiro atoms. The summed E-state index contributed by atoms with van der Waals surface area (Å²) in [7, 11) is 0. The van der Waals surface area contributed by atoms with Gasteiger partial charge in [-0.05, 0) is 12.1 Å². The van der Waals surface area contributed by atoms with E-state index < -0.39 is 53.0 Å². The summed E-state index contributed by atoms with van der Waals surface area (Å²) >= 11 is 0. The van der Waals surface area contributed by atoms with Crippen LogP contribution in [0, 0.1) is 23.3 Å². The molecule has 0 radical (unpaired) electrons. The van der Waals surface area contributed by atoms with Gasteiger partial charge in [-0.3, -0.25) is 14.4 Å². The highest BCUT2D eigenvalue weighted by Crippen LogP contribution is 2.30. The Labute approximate surface area is 131 Å². The van der Waals surface area contributed by atoms with Crippen LogP contribution in [0.1, 0.15) is 26.3 Å². The third kappa shape index (κ3) is 2.21. The van der Waals surface area contributed by atoms with Crippen molar-refractivity contribution in [1.29, 1.82) is 0 Å². The zero-order valence-electron chi connectivity index (χ0n) is 11.6. The van der Waals surface area contributed by atoms with Crippen LogP contribution in [0.5, 0.6) is 5.75 Å². The van der Waals surface area contributed by atoms with E-state index in [2.05, 4.69) is 0 Å². The average molecular weight is 341 g/mol. The van der Waals surface area contributed by atoms with Gasteiger partial charge in [-0.1, -0.05) is 12.1 Å². The van der Waals surface area contributed by atoms with E-state index in [0.717, 1.165) is 0 Å². The molecule has 0 saturated heterocycles. The highest BCUT2D eigenvalue weighted by molar-refractivity contribution is 6.20. The van der Waals surface area contributed by atoms with Crippen molar-refractivity contribution in [2.75, 3.05) is 0 Å². The number of benzene rings is 2. The summed E-state index contributed by atoms with van der Waals surface area (Å²) < 4.78 is 53.8. The average Bonchev–Trinajstić information content (AvgIpc) is 2.83. The molecular weight excluding hydrogens is 334 g/mol. The number of aromatic hydroxyl groups is 1. The van der Waals surface area contributed by atoms with E-state index in [1.54, 1.807) is 0 Å². The number of amides is 2. The molecule has 9 heteroatoms. The predicted octanol–water partition coefficient (Wildman–Crippen LogP) is 2.68. The molecule has 0 bridgehead atoms. The van der Waals surface area contributed by atoms with Gasteiger partial charge >= 0.3 is 0 Å².